The number of aliphatic hydroxyl groups is 2. The summed E-state index contributed by atoms with van der Waals surface area (Å²) in [4.78, 5) is 18.4. The van der Waals surface area contributed by atoms with Crippen LogP contribution in [0.1, 0.15) is 6.42 Å². The maximum atomic E-state index is 9.96. The maximum Gasteiger partial charge on any atom is 0.164 e. The molecule has 1 aliphatic heterocycles. The number of rotatable bonds is 3. The molecular weight excluding hydrogens is 294 g/mol. The molecule has 0 bridgehead atoms. The number of nitrogens with one attached hydrogen (secondary N) is 1. The normalized spacial score (nSPS) is 21.2. The lowest BCUT2D eigenvalue weighted by molar-refractivity contribution is 0.184. The van der Waals surface area contributed by atoms with Crippen LogP contribution in [0.4, 0.5) is 5.82 Å². The van der Waals surface area contributed by atoms with Gasteiger partial charge in [0.15, 0.2) is 5.82 Å². The van der Waals surface area contributed by atoms with Crippen molar-refractivity contribution in [2.24, 2.45) is 0 Å². The average Bonchev–Trinajstić information content (AvgIpc) is 3.20. The number of aromatic amines is 1. The molecule has 7 nitrogen and oxygen atoms in total. The molecule has 118 valence electrons. The maximum absolute atomic E-state index is 9.96. The van der Waals surface area contributed by atoms with Gasteiger partial charge in [0.1, 0.15) is 11.5 Å². The molecule has 0 aliphatic carbocycles. The molecule has 0 aromatic carbocycles. The highest BCUT2D eigenvalue weighted by atomic mass is 16.3. The number of fused-ring (bicyclic) bond motifs is 1. The van der Waals surface area contributed by atoms with Gasteiger partial charge in [0.05, 0.1) is 24.1 Å². The first-order chi connectivity index (χ1) is 11.3. The van der Waals surface area contributed by atoms with E-state index in [0.29, 0.717) is 18.8 Å². The van der Waals surface area contributed by atoms with E-state index in [-0.39, 0.29) is 12.6 Å². The van der Waals surface area contributed by atoms with Gasteiger partial charge >= 0.3 is 0 Å². The van der Waals surface area contributed by atoms with Crippen molar-refractivity contribution in [3.8, 4) is 11.4 Å². The van der Waals surface area contributed by atoms with E-state index in [4.69, 9.17) is 4.98 Å². The van der Waals surface area contributed by atoms with Gasteiger partial charge in [-0.05, 0) is 24.6 Å². The number of aromatic nitrogens is 4. The summed E-state index contributed by atoms with van der Waals surface area (Å²) in [5.41, 5.74) is 1.61. The minimum Gasteiger partial charge on any atom is -0.394 e. The number of hydrogen-bond donors (Lipinski definition) is 3. The van der Waals surface area contributed by atoms with Crippen molar-refractivity contribution in [1.82, 2.24) is 19.9 Å². The van der Waals surface area contributed by atoms with Crippen LogP contribution in [0.3, 0.4) is 0 Å². The Labute approximate surface area is 132 Å². The molecular formula is C16H17N5O2. The first kappa shape index (κ1) is 14.1. The number of nitrogens with zero attached hydrogens (tertiary/aromatic N) is 4. The SMILES string of the molecule is OCC1CC(O)CN1c1nc(-c2ccncc2)nc2[nH]ccc12. The molecule has 1 saturated heterocycles. The van der Waals surface area contributed by atoms with Gasteiger partial charge in [-0.25, -0.2) is 9.97 Å². The highest BCUT2D eigenvalue weighted by molar-refractivity contribution is 5.89. The van der Waals surface area contributed by atoms with Crippen LogP contribution in [0.15, 0.2) is 36.8 Å². The van der Waals surface area contributed by atoms with Gasteiger partial charge in [-0.2, -0.15) is 0 Å². The van der Waals surface area contributed by atoms with E-state index in [0.717, 1.165) is 22.4 Å². The van der Waals surface area contributed by atoms with Crippen molar-refractivity contribution in [1.29, 1.82) is 0 Å². The molecule has 3 aromatic heterocycles. The largest absolute Gasteiger partial charge is 0.394 e. The van der Waals surface area contributed by atoms with Gasteiger partial charge in [0.25, 0.3) is 0 Å². The molecule has 3 aromatic rings. The van der Waals surface area contributed by atoms with Crippen molar-refractivity contribution in [3.05, 3.63) is 36.8 Å². The van der Waals surface area contributed by atoms with Crippen LogP contribution in [0.5, 0.6) is 0 Å². The Morgan fingerprint density at radius 3 is 2.83 bits per heavy atom. The van der Waals surface area contributed by atoms with Gasteiger partial charge in [0.2, 0.25) is 0 Å². The molecule has 3 N–H and O–H groups in total. The zero-order valence-corrected chi connectivity index (χ0v) is 12.4. The number of H-pyrrole nitrogens is 1. The van der Waals surface area contributed by atoms with E-state index >= 15 is 0 Å². The molecule has 0 radical (unpaired) electrons. The molecule has 23 heavy (non-hydrogen) atoms. The van der Waals surface area contributed by atoms with Crippen LogP contribution < -0.4 is 4.90 Å². The van der Waals surface area contributed by atoms with Gasteiger partial charge < -0.3 is 20.1 Å². The summed E-state index contributed by atoms with van der Waals surface area (Å²) in [5.74, 6) is 1.33. The Morgan fingerprint density at radius 2 is 2.04 bits per heavy atom. The Bertz CT molecular complexity index is 820. The predicted molar refractivity (Wildman–Crippen MR) is 86.0 cm³/mol. The smallest absolute Gasteiger partial charge is 0.164 e. The third-order valence-electron chi connectivity index (χ3n) is 4.21. The van der Waals surface area contributed by atoms with Gasteiger partial charge in [-0.1, -0.05) is 0 Å². The quantitative estimate of drug-likeness (QED) is 0.666. The third-order valence-corrected chi connectivity index (χ3v) is 4.21. The van der Waals surface area contributed by atoms with E-state index in [1.807, 2.05) is 29.3 Å². The zero-order valence-electron chi connectivity index (χ0n) is 12.4. The van der Waals surface area contributed by atoms with Crippen LogP contribution >= 0.6 is 0 Å². The minimum atomic E-state index is -0.458. The van der Waals surface area contributed by atoms with E-state index in [1.54, 1.807) is 12.4 Å². The summed E-state index contributed by atoms with van der Waals surface area (Å²) in [7, 11) is 0. The fourth-order valence-corrected chi connectivity index (χ4v) is 3.10. The molecule has 1 fully saturated rings. The molecule has 0 saturated carbocycles. The van der Waals surface area contributed by atoms with Crippen molar-refractivity contribution in [2.45, 2.75) is 18.6 Å². The monoisotopic (exact) mass is 311 g/mol. The molecule has 0 spiro atoms. The van der Waals surface area contributed by atoms with E-state index < -0.39 is 6.10 Å². The third kappa shape index (κ3) is 2.43. The number of β-amino-alcohol motifs (C(OH)–C–C–N with tert-alkyl or cyclic N) is 1. The number of hydrogen-bond acceptors (Lipinski definition) is 6. The van der Waals surface area contributed by atoms with Crippen LogP contribution in [0.2, 0.25) is 0 Å². The number of anilines is 1. The van der Waals surface area contributed by atoms with Crippen molar-refractivity contribution in [3.63, 3.8) is 0 Å². The molecule has 2 unspecified atom stereocenters. The van der Waals surface area contributed by atoms with E-state index in [9.17, 15) is 10.2 Å². The topological polar surface area (TPSA) is 98.2 Å². The fourth-order valence-electron chi connectivity index (χ4n) is 3.10. The summed E-state index contributed by atoms with van der Waals surface area (Å²) < 4.78 is 0. The van der Waals surface area contributed by atoms with Crippen molar-refractivity contribution in [2.75, 3.05) is 18.1 Å². The lowest BCUT2D eigenvalue weighted by atomic mass is 10.2. The number of pyridine rings is 1. The highest BCUT2D eigenvalue weighted by Crippen LogP contribution is 2.31. The summed E-state index contributed by atoms with van der Waals surface area (Å²) in [6.45, 7) is 0.440. The summed E-state index contributed by atoms with van der Waals surface area (Å²) in [6.07, 6.45) is 5.30. The molecule has 4 rings (SSSR count). The summed E-state index contributed by atoms with van der Waals surface area (Å²) >= 11 is 0. The summed E-state index contributed by atoms with van der Waals surface area (Å²) in [5, 5.41) is 20.5. The molecule has 0 amide bonds. The van der Waals surface area contributed by atoms with Gasteiger partial charge in [-0.15, -0.1) is 0 Å². The lowest BCUT2D eigenvalue weighted by Gasteiger charge is -2.24. The lowest BCUT2D eigenvalue weighted by Crippen LogP contribution is -2.33. The zero-order chi connectivity index (χ0) is 15.8. The first-order valence-corrected chi connectivity index (χ1v) is 7.57. The Balaban J connectivity index is 1.87. The molecule has 2 atom stereocenters. The van der Waals surface area contributed by atoms with Gasteiger partial charge in [-0.3, -0.25) is 4.98 Å². The van der Waals surface area contributed by atoms with Crippen LogP contribution in [-0.4, -0.2) is 55.4 Å². The number of aliphatic hydroxyl groups excluding tert-OH is 2. The van der Waals surface area contributed by atoms with E-state index in [2.05, 4.69) is 15.0 Å². The Hall–Kier alpha value is -2.51. The van der Waals surface area contributed by atoms with Crippen LogP contribution in [-0.2, 0) is 0 Å². The summed E-state index contributed by atoms with van der Waals surface area (Å²) in [6, 6.07) is 5.50. The van der Waals surface area contributed by atoms with Gasteiger partial charge in [0, 0.05) is 30.7 Å². The Morgan fingerprint density at radius 1 is 1.22 bits per heavy atom. The van der Waals surface area contributed by atoms with Crippen LogP contribution in [0.25, 0.3) is 22.4 Å². The van der Waals surface area contributed by atoms with Crippen LogP contribution in [0, 0.1) is 0 Å². The fraction of sp³-hybridized carbons (Fsp3) is 0.312. The molecule has 4 heterocycles. The highest BCUT2D eigenvalue weighted by Gasteiger charge is 2.32. The van der Waals surface area contributed by atoms with Crippen molar-refractivity contribution >= 4 is 16.9 Å². The second-order valence-corrected chi connectivity index (χ2v) is 5.72. The second-order valence-electron chi connectivity index (χ2n) is 5.72. The molecule has 1 aliphatic rings. The van der Waals surface area contributed by atoms with E-state index in [1.165, 1.54) is 0 Å². The standard InChI is InChI=1S/C16H17N5O2/c22-9-11-7-12(23)8-21(11)16-13-3-6-18-15(13)19-14(20-16)10-1-4-17-5-2-10/h1-6,11-12,22-23H,7-9H2,(H,18,19,20). The Kier molecular flexibility index (Phi) is 3.44. The predicted octanol–water partition coefficient (Wildman–Crippen LogP) is 0.952. The van der Waals surface area contributed by atoms with Crippen molar-refractivity contribution < 1.29 is 10.2 Å². The average molecular weight is 311 g/mol. The molecule has 7 heteroatoms. The first-order valence-electron chi connectivity index (χ1n) is 7.57. The minimum absolute atomic E-state index is 0.0163. The second kappa shape index (κ2) is 5.60.